The molecule has 1 aliphatic carbocycles. The van der Waals surface area contributed by atoms with Crippen LogP contribution in [-0.2, 0) is 30.2 Å². The number of hydrogen-bond acceptors (Lipinski definition) is 10. The van der Waals surface area contributed by atoms with E-state index in [4.69, 9.17) is 23.7 Å². The summed E-state index contributed by atoms with van der Waals surface area (Å²) in [4.78, 5) is 50.4. The monoisotopic (exact) mass is 579 g/mol. The summed E-state index contributed by atoms with van der Waals surface area (Å²) in [6.45, 7) is 7.88. The molecule has 11 heteroatoms. The van der Waals surface area contributed by atoms with E-state index in [0.29, 0.717) is 37.7 Å². The van der Waals surface area contributed by atoms with Gasteiger partial charge < -0.3 is 28.8 Å². The SMILES string of the molecule is CCCCOC(=O)Oc1ccc(C[C@](NC(C)CC)(OC(=O)C2CCCCC2)C(=O)O)cc1OC(=O)OCCCC. The molecule has 0 spiro atoms. The zero-order valence-electron chi connectivity index (χ0n) is 24.7. The van der Waals surface area contributed by atoms with Crippen molar-refractivity contribution in [1.82, 2.24) is 5.32 Å². The molecule has 0 heterocycles. The minimum absolute atomic E-state index is 0.113. The van der Waals surface area contributed by atoms with Crippen molar-refractivity contribution in [2.45, 2.75) is 110 Å². The summed E-state index contributed by atoms with van der Waals surface area (Å²) >= 11 is 0. The van der Waals surface area contributed by atoms with E-state index in [1.165, 1.54) is 18.2 Å². The molecule has 0 saturated heterocycles. The van der Waals surface area contributed by atoms with Crippen LogP contribution in [-0.4, -0.2) is 54.3 Å². The van der Waals surface area contributed by atoms with Gasteiger partial charge in [-0.15, -0.1) is 0 Å². The molecular weight excluding hydrogens is 534 g/mol. The Morgan fingerprint density at radius 3 is 2.05 bits per heavy atom. The normalized spacial score (nSPS) is 15.7. The second kappa shape index (κ2) is 17.5. The van der Waals surface area contributed by atoms with Gasteiger partial charge in [0.25, 0.3) is 5.72 Å². The number of hydrogen-bond donors (Lipinski definition) is 2. The first-order valence-corrected chi connectivity index (χ1v) is 14.7. The number of carbonyl (C=O) groups excluding carboxylic acids is 3. The number of carboxylic acids is 1. The van der Waals surface area contributed by atoms with Gasteiger partial charge in [0.05, 0.1) is 19.1 Å². The Bertz CT molecular complexity index is 1010. The summed E-state index contributed by atoms with van der Waals surface area (Å²) in [5, 5.41) is 13.3. The maximum atomic E-state index is 13.1. The Kier molecular flexibility index (Phi) is 14.4. The van der Waals surface area contributed by atoms with E-state index in [1.54, 1.807) is 6.92 Å². The lowest BCUT2D eigenvalue weighted by atomic mass is 9.89. The highest BCUT2D eigenvalue weighted by atomic mass is 16.7. The molecule has 1 aromatic carbocycles. The van der Waals surface area contributed by atoms with Crippen molar-refractivity contribution < 1.29 is 48.0 Å². The smallest absolute Gasteiger partial charge is 0.477 e. The van der Waals surface area contributed by atoms with Gasteiger partial charge in [-0.25, -0.2) is 14.4 Å². The lowest BCUT2D eigenvalue weighted by Gasteiger charge is -2.35. The fourth-order valence-corrected chi connectivity index (χ4v) is 4.34. The zero-order valence-corrected chi connectivity index (χ0v) is 24.7. The molecular formula is C30H45NO10. The highest BCUT2D eigenvalue weighted by Crippen LogP contribution is 2.32. The van der Waals surface area contributed by atoms with Gasteiger partial charge in [-0.1, -0.05) is 58.9 Å². The average molecular weight is 580 g/mol. The topological polar surface area (TPSA) is 147 Å². The van der Waals surface area contributed by atoms with Gasteiger partial charge in [-0.2, -0.15) is 0 Å². The van der Waals surface area contributed by atoms with Crippen molar-refractivity contribution in [2.75, 3.05) is 13.2 Å². The van der Waals surface area contributed by atoms with E-state index in [2.05, 4.69) is 5.32 Å². The fraction of sp³-hybridized carbons (Fsp3) is 0.667. The number of unbranched alkanes of at least 4 members (excludes halogenated alkanes) is 2. The van der Waals surface area contributed by atoms with Crippen molar-refractivity contribution in [3.05, 3.63) is 23.8 Å². The van der Waals surface area contributed by atoms with Crippen LogP contribution < -0.4 is 14.8 Å². The van der Waals surface area contributed by atoms with E-state index in [9.17, 15) is 24.3 Å². The predicted molar refractivity (Wildman–Crippen MR) is 150 cm³/mol. The highest BCUT2D eigenvalue weighted by Gasteiger charge is 2.45. The van der Waals surface area contributed by atoms with Gasteiger partial charge in [0, 0.05) is 12.5 Å². The number of ether oxygens (including phenoxy) is 5. The molecule has 0 aromatic heterocycles. The maximum absolute atomic E-state index is 13.1. The minimum atomic E-state index is -2.08. The number of aliphatic carboxylic acids is 1. The molecule has 11 nitrogen and oxygen atoms in total. The first kappa shape index (κ1) is 33.9. The van der Waals surface area contributed by atoms with E-state index in [1.807, 2.05) is 20.8 Å². The molecule has 41 heavy (non-hydrogen) atoms. The van der Waals surface area contributed by atoms with Crippen LogP contribution in [0.4, 0.5) is 9.59 Å². The lowest BCUT2D eigenvalue weighted by Crippen LogP contribution is -2.60. The lowest BCUT2D eigenvalue weighted by molar-refractivity contribution is -0.188. The van der Waals surface area contributed by atoms with E-state index in [0.717, 1.165) is 32.1 Å². The van der Waals surface area contributed by atoms with Crippen LogP contribution in [0, 0.1) is 5.92 Å². The first-order chi connectivity index (χ1) is 19.6. The van der Waals surface area contributed by atoms with Crippen LogP contribution in [0.5, 0.6) is 11.5 Å². The van der Waals surface area contributed by atoms with Crippen molar-refractivity contribution >= 4 is 24.2 Å². The van der Waals surface area contributed by atoms with Gasteiger partial charge >= 0.3 is 24.2 Å². The number of nitrogens with one attached hydrogen (secondary N) is 1. The molecule has 1 saturated carbocycles. The van der Waals surface area contributed by atoms with E-state index < -0.39 is 30.0 Å². The van der Waals surface area contributed by atoms with Crippen LogP contribution in [0.25, 0.3) is 0 Å². The summed E-state index contributed by atoms with van der Waals surface area (Å²) in [5.74, 6) is -2.57. The average Bonchev–Trinajstić information content (AvgIpc) is 2.95. The molecule has 2 rings (SSSR count). The third-order valence-electron chi connectivity index (χ3n) is 6.93. The van der Waals surface area contributed by atoms with Gasteiger partial charge in [-0.05, 0) is 56.7 Å². The standard InChI is InChI=1S/C30H45NO10/c1-5-8-17-37-28(35)39-24-16-15-22(19-25(24)40-29(36)38-18-9-6-2)20-30(27(33)34,31-21(4)7-3)41-26(32)23-13-11-10-12-14-23/h15-16,19,21,23,31H,5-14,17-18,20H2,1-4H3,(H,33,34)/t21?,30-/m0/s1. The number of carboxylic acid groups (broad SMARTS) is 1. The van der Waals surface area contributed by atoms with Gasteiger partial charge in [0.15, 0.2) is 11.5 Å². The molecule has 2 N–H and O–H groups in total. The van der Waals surface area contributed by atoms with Crippen molar-refractivity contribution in [1.29, 1.82) is 0 Å². The van der Waals surface area contributed by atoms with Crippen molar-refractivity contribution in [2.24, 2.45) is 5.92 Å². The molecule has 230 valence electrons. The third kappa shape index (κ3) is 11.2. The molecule has 1 aromatic rings. The first-order valence-electron chi connectivity index (χ1n) is 14.7. The van der Waals surface area contributed by atoms with Crippen LogP contribution in [0.15, 0.2) is 18.2 Å². The Hall–Kier alpha value is -3.34. The maximum Gasteiger partial charge on any atom is 0.513 e. The van der Waals surface area contributed by atoms with Gasteiger partial charge in [0.1, 0.15) is 0 Å². The van der Waals surface area contributed by atoms with Crippen LogP contribution >= 0.6 is 0 Å². The van der Waals surface area contributed by atoms with Gasteiger partial charge in [0.2, 0.25) is 0 Å². The Balaban J connectivity index is 2.38. The third-order valence-corrected chi connectivity index (χ3v) is 6.93. The predicted octanol–water partition coefficient (Wildman–Crippen LogP) is 6.15. The molecule has 0 amide bonds. The molecule has 0 aliphatic heterocycles. The molecule has 0 bridgehead atoms. The number of esters is 1. The second-order valence-electron chi connectivity index (χ2n) is 10.4. The van der Waals surface area contributed by atoms with Crippen LogP contribution in [0.1, 0.15) is 97.5 Å². The molecule has 0 radical (unpaired) electrons. The van der Waals surface area contributed by atoms with Crippen LogP contribution in [0.2, 0.25) is 0 Å². The molecule has 1 unspecified atom stereocenters. The van der Waals surface area contributed by atoms with Crippen LogP contribution in [0.3, 0.4) is 0 Å². The number of rotatable bonds is 16. The highest BCUT2D eigenvalue weighted by molar-refractivity contribution is 5.83. The fourth-order valence-electron chi connectivity index (χ4n) is 4.34. The zero-order chi connectivity index (χ0) is 30.3. The summed E-state index contributed by atoms with van der Waals surface area (Å²) < 4.78 is 26.5. The van der Waals surface area contributed by atoms with Crippen molar-refractivity contribution in [3.8, 4) is 11.5 Å². The molecule has 1 aliphatic rings. The largest absolute Gasteiger partial charge is 0.513 e. The summed E-state index contributed by atoms with van der Waals surface area (Å²) in [6, 6.07) is 3.94. The second-order valence-corrected chi connectivity index (χ2v) is 10.4. The number of carbonyl (C=O) groups is 4. The molecule has 1 fully saturated rings. The van der Waals surface area contributed by atoms with E-state index >= 15 is 0 Å². The Morgan fingerprint density at radius 2 is 1.51 bits per heavy atom. The summed E-state index contributed by atoms with van der Waals surface area (Å²) in [6.07, 6.45) is 5.33. The minimum Gasteiger partial charge on any atom is -0.477 e. The summed E-state index contributed by atoms with van der Waals surface area (Å²) in [5.41, 5.74) is -1.73. The molecule has 2 atom stereocenters. The summed E-state index contributed by atoms with van der Waals surface area (Å²) in [7, 11) is 0. The number of benzene rings is 1. The quantitative estimate of drug-likeness (QED) is 0.0763. The Morgan fingerprint density at radius 1 is 0.927 bits per heavy atom. The Labute approximate surface area is 242 Å². The van der Waals surface area contributed by atoms with Gasteiger partial charge in [-0.3, -0.25) is 10.1 Å². The van der Waals surface area contributed by atoms with Crippen molar-refractivity contribution in [3.63, 3.8) is 0 Å². The van der Waals surface area contributed by atoms with E-state index in [-0.39, 0.29) is 43.1 Å².